The molecule has 6 nitrogen and oxygen atoms in total. The van der Waals surface area contributed by atoms with E-state index in [0.29, 0.717) is 5.56 Å². The first-order chi connectivity index (χ1) is 11.1. The molecule has 0 saturated heterocycles. The summed E-state index contributed by atoms with van der Waals surface area (Å²) in [5, 5.41) is 2.70. The van der Waals surface area contributed by atoms with Crippen LogP contribution in [0.4, 0.5) is 4.39 Å². The molecule has 0 aliphatic heterocycles. The normalized spacial score (nSPS) is 13.1. The molecular formula is C17H22FNO5. The maximum Gasteiger partial charge on any atom is 0.308 e. The van der Waals surface area contributed by atoms with Crippen LogP contribution in [0.5, 0.6) is 5.75 Å². The van der Waals surface area contributed by atoms with E-state index in [1.807, 2.05) is 13.8 Å². The highest BCUT2D eigenvalue weighted by molar-refractivity contribution is 5.74. The number of halogens is 1. The minimum absolute atomic E-state index is 0.118. The van der Waals surface area contributed by atoms with Crippen LogP contribution in [-0.4, -0.2) is 23.9 Å². The smallest absolute Gasteiger partial charge is 0.308 e. The lowest BCUT2D eigenvalue weighted by Gasteiger charge is -2.30. The molecule has 1 N–H and O–H groups in total. The summed E-state index contributed by atoms with van der Waals surface area (Å²) in [6, 6.07) is 3.19. The molecule has 1 rings (SSSR count). The molecule has 0 bridgehead atoms. The van der Waals surface area contributed by atoms with Crippen LogP contribution in [0.2, 0.25) is 0 Å². The van der Waals surface area contributed by atoms with Gasteiger partial charge >= 0.3 is 11.9 Å². The van der Waals surface area contributed by atoms with E-state index in [1.54, 1.807) is 0 Å². The average Bonchev–Trinajstić information content (AvgIpc) is 2.44. The molecule has 132 valence electrons. The zero-order chi connectivity index (χ0) is 18.4. The Hall–Kier alpha value is -2.44. The Labute approximate surface area is 140 Å². The van der Waals surface area contributed by atoms with Gasteiger partial charge in [-0.2, -0.15) is 0 Å². The maximum absolute atomic E-state index is 13.8. The number of ether oxygens (including phenoxy) is 2. The number of carbonyl (C=O) groups is 3. The first kappa shape index (κ1) is 19.6. The largest absolute Gasteiger partial charge is 0.460 e. The quantitative estimate of drug-likeness (QED) is 0.636. The van der Waals surface area contributed by atoms with Gasteiger partial charge < -0.3 is 14.8 Å². The third-order valence-electron chi connectivity index (χ3n) is 3.21. The number of hydrogen-bond donors (Lipinski definition) is 1. The summed E-state index contributed by atoms with van der Waals surface area (Å²) >= 11 is 0. The van der Waals surface area contributed by atoms with Gasteiger partial charge in [-0.05, 0) is 23.6 Å². The zero-order valence-electron chi connectivity index (χ0n) is 14.4. The summed E-state index contributed by atoms with van der Waals surface area (Å²) in [5.41, 5.74) is 0.461. The SMILES string of the molecule is CC(=O)NC(c1ccc(F)c(OC(C)=O)c1)C(OC(C)=O)C(C)C. The van der Waals surface area contributed by atoms with Crippen LogP contribution < -0.4 is 10.1 Å². The molecule has 0 radical (unpaired) electrons. The van der Waals surface area contributed by atoms with Crippen molar-refractivity contribution in [3.63, 3.8) is 0 Å². The van der Waals surface area contributed by atoms with Gasteiger partial charge in [0.2, 0.25) is 5.91 Å². The molecule has 0 spiro atoms. The third kappa shape index (κ3) is 5.64. The second kappa shape index (κ2) is 8.42. The van der Waals surface area contributed by atoms with Gasteiger partial charge in [-0.1, -0.05) is 19.9 Å². The Morgan fingerprint density at radius 3 is 2.17 bits per heavy atom. The van der Waals surface area contributed by atoms with Crippen molar-refractivity contribution >= 4 is 17.8 Å². The van der Waals surface area contributed by atoms with E-state index in [2.05, 4.69) is 5.32 Å². The number of esters is 2. The molecule has 2 atom stereocenters. The van der Waals surface area contributed by atoms with Crippen molar-refractivity contribution in [2.45, 2.75) is 46.8 Å². The van der Waals surface area contributed by atoms with Gasteiger partial charge in [0.05, 0.1) is 6.04 Å². The van der Waals surface area contributed by atoms with Crippen LogP contribution in [0, 0.1) is 11.7 Å². The van der Waals surface area contributed by atoms with E-state index in [4.69, 9.17) is 9.47 Å². The molecular weight excluding hydrogens is 317 g/mol. The predicted molar refractivity (Wildman–Crippen MR) is 84.7 cm³/mol. The predicted octanol–water partition coefficient (Wildman–Crippen LogP) is 2.52. The molecule has 0 fully saturated rings. The van der Waals surface area contributed by atoms with Crippen molar-refractivity contribution in [2.75, 3.05) is 0 Å². The lowest BCUT2D eigenvalue weighted by Crippen LogP contribution is -2.40. The number of amides is 1. The van der Waals surface area contributed by atoms with Crippen molar-refractivity contribution < 1.29 is 28.2 Å². The Balaban J connectivity index is 3.30. The molecule has 0 heterocycles. The van der Waals surface area contributed by atoms with Crippen LogP contribution in [0.25, 0.3) is 0 Å². The molecule has 0 aliphatic rings. The first-order valence-corrected chi connectivity index (χ1v) is 7.54. The Morgan fingerprint density at radius 1 is 1.08 bits per heavy atom. The van der Waals surface area contributed by atoms with Gasteiger partial charge in [-0.3, -0.25) is 14.4 Å². The summed E-state index contributed by atoms with van der Waals surface area (Å²) in [5.74, 6) is -2.57. The van der Waals surface area contributed by atoms with Crippen molar-refractivity contribution in [1.82, 2.24) is 5.32 Å². The molecule has 0 aromatic heterocycles. The highest BCUT2D eigenvalue weighted by Crippen LogP contribution is 2.29. The lowest BCUT2D eigenvalue weighted by atomic mass is 9.93. The third-order valence-corrected chi connectivity index (χ3v) is 3.21. The standard InChI is InChI=1S/C17H22FNO5/c1-9(2)17(24-12(5)22)16(19-10(3)20)13-6-7-14(18)15(8-13)23-11(4)21/h6-9,16-17H,1-5H3,(H,19,20). The minimum Gasteiger partial charge on any atom is -0.460 e. The van der Waals surface area contributed by atoms with Gasteiger partial charge in [0.25, 0.3) is 0 Å². The molecule has 1 aromatic carbocycles. The minimum atomic E-state index is -0.707. The number of nitrogens with one attached hydrogen (secondary N) is 1. The Bertz CT molecular complexity index is 629. The lowest BCUT2D eigenvalue weighted by molar-refractivity contribution is -0.151. The summed E-state index contributed by atoms with van der Waals surface area (Å²) in [6.07, 6.45) is -0.665. The molecule has 7 heteroatoms. The first-order valence-electron chi connectivity index (χ1n) is 7.54. The summed E-state index contributed by atoms with van der Waals surface area (Å²) in [4.78, 5) is 34.0. The Kier molecular flexibility index (Phi) is 6.88. The summed E-state index contributed by atoms with van der Waals surface area (Å²) < 4.78 is 23.9. The second-order valence-corrected chi connectivity index (χ2v) is 5.78. The molecule has 0 saturated carbocycles. The average molecular weight is 339 g/mol. The number of carbonyl (C=O) groups excluding carboxylic acids is 3. The van der Waals surface area contributed by atoms with Gasteiger partial charge in [0.15, 0.2) is 11.6 Å². The fraction of sp³-hybridized carbons (Fsp3) is 0.471. The van der Waals surface area contributed by atoms with Crippen LogP contribution >= 0.6 is 0 Å². The van der Waals surface area contributed by atoms with Crippen molar-refractivity contribution in [3.8, 4) is 5.75 Å². The fourth-order valence-corrected chi connectivity index (χ4v) is 2.30. The highest BCUT2D eigenvalue weighted by Gasteiger charge is 2.30. The molecule has 0 aliphatic carbocycles. The van der Waals surface area contributed by atoms with Gasteiger partial charge in [0, 0.05) is 20.8 Å². The van der Waals surface area contributed by atoms with Crippen molar-refractivity contribution in [2.24, 2.45) is 5.92 Å². The summed E-state index contributed by atoms with van der Waals surface area (Å²) in [7, 11) is 0. The fourth-order valence-electron chi connectivity index (χ4n) is 2.30. The zero-order valence-corrected chi connectivity index (χ0v) is 14.4. The van der Waals surface area contributed by atoms with E-state index in [-0.39, 0.29) is 17.6 Å². The second-order valence-electron chi connectivity index (χ2n) is 5.78. The van der Waals surface area contributed by atoms with Crippen LogP contribution in [0.3, 0.4) is 0 Å². The molecule has 2 unspecified atom stereocenters. The number of hydrogen-bond acceptors (Lipinski definition) is 5. The van der Waals surface area contributed by atoms with Crippen LogP contribution in [0.1, 0.15) is 46.2 Å². The topological polar surface area (TPSA) is 81.7 Å². The van der Waals surface area contributed by atoms with E-state index < -0.39 is 29.9 Å². The van der Waals surface area contributed by atoms with E-state index >= 15 is 0 Å². The van der Waals surface area contributed by atoms with Gasteiger partial charge in [-0.15, -0.1) is 0 Å². The summed E-state index contributed by atoms with van der Waals surface area (Å²) in [6.45, 7) is 7.43. The van der Waals surface area contributed by atoms with Gasteiger partial charge in [0.1, 0.15) is 6.10 Å². The number of benzene rings is 1. The monoisotopic (exact) mass is 339 g/mol. The van der Waals surface area contributed by atoms with E-state index in [0.717, 1.165) is 13.0 Å². The molecule has 1 aromatic rings. The molecule has 1 amide bonds. The Morgan fingerprint density at radius 2 is 1.71 bits per heavy atom. The van der Waals surface area contributed by atoms with Crippen LogP contribution in [0.15, 0.2) is 18.2 Å². The number of rotatable bonds is 6. The maximum atomic E-state index is 13.8. The highest BCUT2D eigenvalue weighted by atomic mass is 19.1. The van der Waals surface area contributed by atoms with Crippen LogP contribution in [-0.2, 0) is 19.1 Å². The van der Waals surface area contributed by atoms with E-state index in [9.17, 15) is 18.8 Å². The van der Waals surface area contributed by atoms with E-state index in [1.165, 1.54) is 26.0 Å². The molecule has 24 heavy (non-hydrogen) atoms. The van der Waals surface area contributed by atoms with Crippen molar-refractivity contribution in [3.05, 3.63) is 29.6 Å². The van der Waals surface area contributed by atoms with Crippen molar-refractivity contribution in [1.29, 1.82) is 0 Å². The van der Waals surface area contributed by atoms with Gasteiger partial charge in [-0.25, -0.2) is 4.39 Å².